The minimum absolute atomic E-state index is 0.169. The van der Waals surface area contributed by atoms with E-state index in [0.29, 0.717) is 27.9 Å². The maximum absolute atomic E-state index is 13.2. The lowest BCUT2D eigenvalue weighted by molar-refractivity contribution is -0.114. The van der Waals surface area contributed by atoms with Crippen LogP contribution >= 0.6 is 11.3 Å². The van der Waals surface area contributed by atoms with Gasteiger partial charge >= 0.3 is 0 Å². The van der Waals surface area contributed by atoms with Crippen LogP contribution in [0.4, 0.5) is 10.7 Å². The van der Waals surface area contributed by atoms with Crippen LogP contribution in [0.5, 0.6) is 5.75 Å². The van der Waals surface area contributed by atoms with Gasteiger partial charge in [0.1, 0.15) is 10.8 Å². The van der Waals surface area contributed by atoms with Gasteiger partial charge in [0, 0.05) is 11.8 Å². The Morgan fingerprint density at radius 3 is 2.54 bits per heavy atom. The number of rotatable bonds is 4. The molecule has 0 saturated heterocycles. The minimum atomic E-state index is -0.208. The van der Waals surface area contributed by atoms with Gasteiger partial charge in [-0.15, -0.1) is 11.3 Å². The predicted molar refractivity (Wildman–Crippen MR) is 115 cm³/mol. The van der Waals surface area contributed by atoms with Crippen LogP contribution in [0.1, 0.15) is 54.9 Å². The fourth-order valence-corrected chi connectivity index (χ4v) is 5.12. The molecule has 0 radical (unpaired) electrons. The Hall–Kier alpha value is -2.34. The van der Waals surface area contributed by atoms with E-state index in [4.69, 9.17) is 4.74 Å². The summed E-state index contributed by atoms with van der Waals surface area (Å²) in [5.41, 5.74) is 2.50. The summed E-state index contributed by atoms with van der Waals surface area (Å²) in [5.74, 6) is 0.792. The Morgan fingerprint density at radius 2 is 1.89 bits per heavy atom. The first kappa shape index (κ1) is 20.4. The Morgan fingerprint density at radius 1 is 1.18 bits per heavy atom. The summed E-state index contributed by atoms with van der Waals surface area (Å²) in [6.07, 6.45) is 2.84. The van der Waals surface area contributed by atoms with Gasteiger partial charge in [0.25, 0.3) is 5.91 Å². The molecule has 3 rings (SSSR count). The highest BCUT2D eigenvalue weighted by Gasteiger charge is 2.34. The summed E-state index contributed by atoms with van der Waals surface area (Å²) in [6.45, 7) is 8.26. The SMILES string of the molecule is COc1ccccc1NC(=O)c1c(NC(C)=O)sc2c1CC[C@@H](C(C)(C)C)C2. The van der Waals surface area contributed by atoms with E-state index < -0.39 is 0 Å². The monoisotopic (exact) mass is 400 g/mol. The summed E-state index contributed by atoms with van der Waals surface area (Å²) in [5, 5.41) is 6.47. The van der Waals surface area contributed by atoms with E-state index >= 15 is 0 Å². The van der Waals surface area contributed by atoms with Gasteiger partial charge in [-0.3, -0.25) is 9.59 Å². The first-order valence-electron chi connectivity index (χ1n) is 9.57. The molecule has 1 aromatic carbocycles. The van der Waals surface area contributed by atoms with Crippen molar-refractivity contribution in [3.8, 4) is 5.75 Å². The molecule has 0 bridgehead atoms. The first-order valence-corrected chi connectivity index (χ1v) is 10.4. The Labute approximate surface area is 170 Å². The van der Waals surface area contributed by atoms with Crippen LogP contribution in [0.25, 0.3) is 0 Å². The number of carbonyl (C=O) groups is 2. The van der Waals surface area contributed by atoms with Crippen molar-refractivity contribution in [3.63, 3.8) is 0 Å². The molecule has 1 aliphatic rings. The second-order valence-electron chi connectivity index (χ2n) is 8.35. The van der Waals surface area contributed by atoms with E-state index in [1.165, 1.54) is 23.1 Å². The number of fused-ring (bicyclic) bond motifs is 1. The lowest BCUT2D eigenvalue weighted by Gasteiger charge is -2.33. The molecule has 28 heavy (non-hydrogen) atoms. The van der Waals surface area contributed by atoms with Crippen LogP contribution in [0.2, 0.25) is 0 Å². The lowest BCUT2D eigenvalue weighted by atomic mass is 9.72. The van der Waals surface area contributed by atoms with E-state index in [0.717, 1.165) is 24.8 Å². The number of benzene rings is 1. The molecule has 1 aliphatic carbocycles. The predicted octanol–water partition coefficient (Wildman–Crippen LogP) is 5.12. The Balaban J connectivity index is 1.96. The van der Waals surface area contributed by atoms with Gasteiger partial charge in [-0.1, -0.05) is 32.9 Å². The topological polar surface area (TPSA) is 67.4 Å². The number of hydrogen-bond acceptors (Lipinski definition) is 4. The van der Waals surface area contributed by atoms with Crippen molar-refractivity contribution in [2.75, 3.05) is 17.7 Å². The maximum atomic E-state index is 13.2. The molecular weight excluding hydrogens is 372 g/mol. The molecule has 6 heteroatoms. The van der Waals surface area contributed by atoms with E-state index in [2.05, 4.69) is 31.4 Å². The fourth-order valence-electron chi connectivity index (χ4n) is 3.75. The zero-order valence-corrected chi connectivity index (χ0v) is 18.0. The summed E-state index contributed by atoms with van der Waals surface area (Å²) >= 11 is 1.53. The van der Waals surface area contributed by atoms with Crippen molar-refractivity contribution in [2.24, 2.45) is 11.3 Å². The molecule has 2 aromatic rings. The standard InChI is InChI=1S/C22H28N2O3S/c1-13(25)23-21-19(20(26)24-16-8-6-7-9-17(16)27-5)15-11-10-14(22(2,3)4)12-18(15)28-21/h6-9,14H,10-12H2,1-5H3,(H,23,25)(H,24,26)/t14-/m1/s1. The highest BCUT2D eigenvalue weighted by atomic mass is 32.1. The van der Waals surface area contributed by atoms with Crippen molar-refractivity contribution in [1.82, 2.24) is 0 Å². The average Bonchev–Trinajstić information content (AvgIpc) is 2.97. The number of thiophene rings is 1. The molecule has 0 aliphatic heterocycles. The Kier molecular flexibility index (Phi) is 5.79. The van der Waals surface area contributed by atoms with Gasteiger partial charge in [-0.2, -0.15) is 0 Å². The first-order chi connectivity index (χ1) is 13.2. The van der Waals surface area contributed by atoms with Crippen molar-refractivity contribution in [2.45, 2.75) is 47.0 Å². The highest BCUT2D eigenvalue weighted by molar-refractivity contribution is 7.17. The summed E-state index contributed by atoms with van der Waals surface area (Å²) in [4.78, 5) is 26.1. The van der Waals surface area contributed by atoms with E-state index in [1.54, 1.807) is 13.2 Å². The van der Waals surface area contributed by atoms with Crippen LogP contribution in [-0.4, -0.2) is 18.9 Å². The third-order valence-electron chi connectivity index (χ3n) is 5.36. The molecule has 2 N–H and O–H groups in total. The molecule has 1 aromatic heterocycles. The quantitative estimate of drug-likeness (QED) is 0.749. The minimum Gasteiger partial charge on any atom is -0.495 e. The van der Waals surface area contributed by atoms with E-state index in [9.17, 15) is 9.59 Å². The molecule has 1 heterocycles. The summed E-state index contributed by atoms with van der Waals surface area (Å²) in [7, 11) is 1.58. The van der Waals surface area contributed by atoms with Crippen molar-refractivity contribution < 1.29 is 14.3 Å². The van der Waals surface area contributed by atoms with Gasteiger partial charge in [-0.05, 0) is 48.3 Å². The summed E-state index contributed by atoms with van der Waals surface area (Å²) in [6, 6.07) is 7.32. The summed E-state index contributed by atoms with van der Waals surface area (Å²) < 4.78 is 5.34. The third kappa shape index (κ3) is 4.22. The van der Waals surface area contributed by atoms with Crippen LogP contribution in [0.3, 0.4) is 0 Å². The number of amides is 2. The number of carbonyl (C=O) groups excluding carboxylic acids is 2. The fraction of sp³-hybridized carbons (Fsp3) is 0.455. The second-order valence-corrected chi connectivity index (χ2v) is 9.45. The van der Waals surface area contributed by atoms with E-state index in [-0.39, 0.29) is 17.2 Å². The lowest BCUT2D eigenvalue weighted by Crippen LogP contribution is -2.27. The zero-order chi connectivity index (χ0) is 20.5. The molecule has 2 amide bonds. The number of para-hydroxylation sites is 2. The largest absolute Gasteiger partial charge is 0.495 e. The number of anilines is 2. The molecule has 1 atom stereocenters. The highest BCUT2D eigenvalue weighted by Crippen LogP contribution is 2.44. The van der Waals surface area contributed by atoms with Gasteiger partial charge in [0.2, 0.25) is 5.91 Å². The number of ether oxygens (including phenoxy) is 1. The second kappa shape index (κ2) is 7.95. The number of methoxy groups -OCH3 is 1. The molecule has 0 saturated carbocycles. The van der Waals surface area contributed by atoms with Crippen LogP contribution in [0, 0.1) is 11.3 Å². The third-order valence-corrected chi connectivity index (χ3v) is 6.53. The van der Waals surface area contributed by atoms with Crippen molar-refractivity contribution in [3.05, 3.63) is 40.3 Å². The average molecular weight is 401 g/mol. The zero-order valence-electron chi connectivity index (χ0n) is 17.1. The van der Waals surface area contributed by atoms with Gasteiger partial charge in [-0.25, -0.2) is 0 Å². The van der Waals surface area contributed by atoms with E-state index in [1.807, 2.05) is 18.2 Å². The molecule has 150 valence electrons. The van der Waals surface area contributed by atoms with Gasteiger partial charge < -0.3 is 15.4 Å². The van der Waals surface area contributed by atoms with Crippen molar-refractivity contribution in [1.29, 1.82) is 0 Å². The van der Waals surface area contributed by atoms with Crippen LogP contribution < -0.4 is 15.4 Å². The maximum Gasteiger partial charge on any atom is 0.259 e. The number of nitrogens with one attached hydrogen (secondary N) is 2. The van der Waals surface area contributed by atoms with Crippen LogP contribution in [0.15, 0.2) is 24.3 Å². The normalized spacial score (nSPS) is 16.2. The van der Waals surface area contributed by atoms with Gasteiger partial charge in [0.05, 0.1) is 18.4 Å². The van der Waals surface area contributed by atoms with Gasteiger partial charge in [0.15, 0.2) is 0 Å². The smallest absolute Gasteiger partial charge is 0.259 e. The van der Waals surface area contributed by atoms with Crippen LogP contribution in [-0.2, 0) is 17.6 Å². The molecule has 0 spiro atoms. The molecule has 0 fully saturated rings. The number of hydrogen-bond donors (Lipinski definition) is 2. The Bertz CT molecular complexity index is 896. The molecular formula is C22H28N2O3S. The van der Waals surface area contributed by atoms with Crippen molar-refractivity contribution >= 4 is 33.8 Å². The molecule has 5 nitrogen and oxygen atoms in total. The molecule has 0 unspecified atom stereocenters.